The highest BCUT2D eigenvalue weighted by Crippen LogP contribution is 2.20. The summed E-state index contributed by atoms with van der Waals surface area (Å²) in [6.45, 7) is 1.86. The first-order chi connectivity index (χ1) is 7.13. The van der Waals surface area contributed by atoms with E-state index in [4.69, 9.17) is 5.26 Å². The van der Waals surface area contributed by atoms with E-state index in [1.807, 2.05) is 13.0 Å². The minimum Gasteiger partial charge on any atom is -0.465 e. The van der Waals surface area contributed by atoms with Crippen LogP contribution in [0.4, 0.5) is 0 Å². The Morgan fingerprint density at radius 2 is 2.27 bits per heavy atom. The molecular weight excluding hydrogens is 258 g/mol. The summed E-state index contributed by atoms with van der Waals surface area (Å²) in [5, 5.41) is 9.36. The predicted octanol–water partition coefficient (Wildman–Crippen LogP) is 2.55. The lowest BCUT2D eigenvalue weighted by Crippen LogP contribution is -2.07. The van der Waals surface area contributed by atoms with Gasteiger partial charge in [0.1, 0.15) is 0 Å². The number of esters is 1. The molecule has 4 heteroatoms. The number of alkyl halides is 1. The molecule has 3 nitrogen and oxygen atoms in total. The van der Waals surface area contributed by atoms with E-state index in [2.05, 4.69) is 20.7 Å². The maximum atomic E-state index is 11.5. The Morgan fingerprint density at radius 3 is 2.73 bits per heavy atom. The van der Waals surface area contributed by atoms with Gasteiger partial charge in [-0.25, -0.2) is 4.79 Å². The number of nitrogens with zero attached hydrogens (tertiary/aromatic N) is 1. The Labute approximate surface area is 96.8 Å². The van der Waals surface area contributed by atoms with Crippen LogP contribution in [0.25, 0.3) is 0 Å². The molecule has 1 rings (SSSR count). The molecule has 0 unspecified atom stereocenters. The molecule has 0 spiro atoms. The molecule has 0 heterocycles. The average molecular weight is 268 g/mol. The quantitative estimate of drug-likeness (QED) is 0.611. The summed E-state index contributed by atoms with van der Waals surface area (Å²) in [5.41, 5.74) is 2.69. The second-order valence-corrected chi connectivity index (χ2v) is 3.62. The Kier molecular flexibility index (Phi) is 3.87. The van der Waals surface area contributed by atoms with E-state index < -0.39 is 5.97 Å². The monoisotopic (exact) mass is 267 g/mol. The maximum Gasteiger partial charge on any atom is 0.338 e. The third-order valence-corrected chi connectivity index (χ3v) is 2.70. The average Bonchev–Trinajstić information content (AvgIpc) is 2.26. The Bertz CT molecular complexity index is 435. The van der Waals surface area contributed by atoms with Gasteiger partial charge in [0, 0.05) is 5.33 Å². The molecule has 0 saturated carbocycles. The topological polar surface area (TPSA) is 50.1 Å². The molecule has 78 valence electrons. The Morgan fingerprint density at radius 1 is 1.60 bits per heavy atom. The Balaban J connectivity index is 3.40. The van der Waals surface area contributed by atoms with E-state index in [0.717, 1.165) is 11.1 Å². The van der Waals surface area contributed by atoms with E-state index in [0.29, 0.717) is 16.5 Å². The van der Waals surface area contributed by atoms with Crippen molar-refractivity contribution < 1.29 is 9.53 Å². The van der Waals surface area contributed by atoms with Crippen LogP contribution in [0.3, 0.4) is 0 Å². The van der Waals surface area contributed by atoms with E-state index in [1.165, 1.54) is 7.11 Å². The molecular formula is C11H10BrNO2. The highest BCUT2D eigenvalue weighted by atomic mass is 79.9. The van der Waals surface area contributed by atoms with Gasteiger partial charge >= 0.3 is 5.97 Å². The number of methoxy groups -OCH3 is 1. The normalized spacial score (nSPS) is 9.47. The predicted molar refractivity (Wildman–Crippen MR) is 59.9 cm³/mol. The van der Waals surface area contributed by atoms with Crippen LogP contribution in [0.15, 0.2) is 12.1 Å². The van der Waals surface area contributed by atoms with Gasteiger partial charge in [-0.2, -0.15) is 5.26 Å². The minimum absolute atomic E-state index is 0.412. The van der Waals surface area contributed by atoms with Gasteiger partial charge in [0.15, 0.2) is 0 Å². The lowest BCUT2D eigenvalue weighted by Gasteiger charge is -2.09. The molecule has 1 aromatic rings. The van der Waals surface area contributed by atoms with E-state index in [9.17, 15) is 4.79 Å². The molecule has 0 saturated heterocycles. The van der Waals surface area contributed by atoms with E-state index in [-0.39, 0.29) is 0 Å². The van der Waals surface area contributed by atoms with Gasteiger partial charge in [-0.1, -0.05) is 15.9 Å². The first kappa shape index (κ1) is 11.7. The molecule has 0 radical (unpaired) electrons. The zero-order valence-electron chi connectivity index (χ0n) is 8.50. The fraction of sp³-hybridized carbons (Fsp3) is 0.273. The van der Waals surface area contributed by atoms with Crippen molar-refractivity contribution >= 4 is 21.9 Å². The van der Waals surface area contributed by atoms with Crippen molar-refractivity contribution in [2.24, 2.45) is 0 Å². The van der Waals surface area contributed by atoms with Crippen LogP contribution < -0.4 is 0 Å². The van der Waals surface area contributed by atoms with Crippen molar-refractivity contribution in [3.8, 4) is 6.07 Å². The SMILES string of the molecule is COC(=O)c1cc(C#N)cc(C)c1CBr. The standard InChI is InChI=1S/C11H10BrNO2/c1-7-3-8(6-13)4-9(10(7)5-12)11(14)15-2/h3-4H,5H2,1-2H3. The maximum absolute atomic E-state index is 11.5. The number of rotatable bonds is 2. The fourth-order valence-electron chi connectivity index (χ4n) is 1.35. The molecule has 0 aromatic heterocycles. The number of carbonyl (C=O) groups excluding carboxylic acids is 1. The van der Waals surface area contributed by atoms with Crippen molar-refractivity contribution in [1.29, 1.82) is 5.26 Å². The minimum atomic E-state index is -0.412. The molecule has 0 aliphatic rings. The van der Waals surface area contributed by atoms with Crippen LogP contribution in [-0.4, -0.2) is 13.1 Å². The van der Waals surface area contributed by atoms with Crippen LogP contribution >= 0.6 is 15.9 Å². The number of hydrogen-bond acceptors (Lipinski definition) is 3. The number of ether oxygens (including phenoxy) is 1. The van der Waals surface area contributed by atoms with Crippen molar-refractivity contribution in [2.75, 3.05) is 7.11 Å². The smallest absolute Gasteiger partial charge is 0.338 e. The molecule has 0 aliphatic carbocycles. The zero-order chi connectivity index (χ0) is 11.4. The van der Waals surface area contributed by atoms with Gasteiger partial charge in [-0.3, -0.25) is 0 Å². The summed E-state index contributed by atoms with van der Waals surface area (Å²) in [7, 11) is 1.33. The summed E-state index contributed by atoms with van der Waals surface area (Å²) >= 11 is 3.31. The summed E-state index contributed by atoms with van der Waals surface area (Å²) in [5.74, 6) is -0.412. The van der Waals surface area contributed by atoms with Crippen LogP contribution in [-0.2, 0) is 10.1 Å². The molecule has 0 aliphatic heterocycles. The second-order valence-electron chi connectivity index (χ2n) is 3.06. The molecule has 0 atom stereocenters. The summed E-state index contributed by atoms with van der Waals surface area (Å²) in [6.07, 6.45) is 0. The number of carbonyl (C=O) groups is 1. The first-order valence-electron chi connectivity index (χ1n) is 4.32. The van der Waals surface area contributed by atoms with Gasteiger partial charge in [-0.05, 0) is 30.2 Å². The molecule has 0 amide bonds. The van der Waals surface area contributed by atoms with Crippen LogP contribution in [0.2, 0.25) is 0 Å². The number of aryl methyl sites for hydroxylation is 1. The van der Waals surface area contributed by atoms with Gasteiger partial charge in [0.2, 0.25) is 0 Å². The lowest BCUT2D eigenvalue weighted by molar-refractivity contribution is 0.0599. The van der Waals surface area contributed by atoms with Crippen LogP contribution in [0.1, 0.15) is 27.0 Å². The Hall–Kier alpha value is -1.34. The molecule has 0 N–H and O–H groups in total. The number of nitriles is 1. The zero-order valence-corrected chi connectivity index (χ0v) is 10.1. The summed E-state index contributed by atoms with van der Waals surface area (Å²) < 4.78 is 4.66. The molecule has 15 heavy (non-hydrogen) atoms. The van der Waals surface area contributed by atoms with Crippen LogP contribution in [0.5, 0.6) is 0 Å². The van der Waals surface area contributed by atoms with Gasteiger partial charge in [0.25, 0.3) is 0 Å². The van der Waals surface area contributed by atoms with Crippen molar-refractivity contribution in [1.82, 2.24) is 0 Å². The van der Waals surface area contributed by atoms with Gasteiger partial charge in [-0.15, -0.1) is 0 Å². The van der Waals surface area contributed by atoms with Crippen molar-refractivity contribution in [3.63, 3.8) is 0 Å². The lowest BCUT2D eigenvalue weighted by atomic mass is 10.00. The first-order valence-corrected chi connectivity index (χ1v) is 5.44. The fourth-order valence-corrected chi connectivity index (χ4v) is 2.10. The third-order valence-electron chi connectivity index (χ3n) is 2.14. The van der Waals surface area contributed by atoms with Gasteiger partial charge in [0.05, 0.1) is 24.3 Å². The van der Waals surface area contributed by atoms with E-state index in [1.54, 1.807) is 12.1 Å². The van der Waals surface area contributed by atoms with Crippen molar-refractivity contribution in [3.05, 3.63) is 34.4 Å². The van der Waals surface area contributed by atoms with E-state index >= 15 is 0 Å². The third kappa shape index (κ3) is 2.37. The highest BCUT2D eigenvalue weighted by Gasteiger charge is 2.14. The largest absolute Gasteiger partial charge is 0.465 e. The van der Waals surface area contributed by atoms with Crippen molar-refractivity contribution in [2.45, 2.75) is 12.3 Å². The number of halogens is 1. The molecule has 0 bridgehead atoms. The summed E-state index contributed by atoms with van der Waals surface area (Å²) in [4.78, 5) is 11.5. The van der Waals surface area contributed by atoms with Gasteiger partial charge < -0.3 is 4.74 Å². The molecule has 1 aromatic carbocycles. The highest BCUT2D eigenvalue weighted by molar-refractivity contribution is 9.08. The summed E-state index contributed by atoms with van der Waals surface area (Å²) in [6, 6.07) is 5.32. The number of benzene rings is 1. The van der Waals surface area contributed by atoms with Crippen LogP contribution in [0, 0.1) is 18.3 Å². The second kappa shape index (κ2) is 4.94. The molecule has 0 fully saturated rings. The number of hydrogen-bond donors (Lipinski definition) is 0.